The van der Waals surface area contributed by atoms with E-state index < -0.39 is 0 Å². The summed E-state index contributed by atoms with van der Waals surface area (Å²) in [5.41, 5.74) is 2.64. The highest BCUT2D eigenvalue weighted by atomic mass is 15.3. The predicted molar refractivity (Wildman–Crippen MR) is 110 cm³/mol. The molecule has 0 radical (unpaired) electrons. The smallest absolute Gasteiger partial charge is 0.134 e. The molecule has 3 rings (SSSR count). The van der Waals surface area contributed by atoms with E-state index in [2.05, 4.69) is 69.3 Å². The van der Waals surface area contributed by atoms with Crippen LogP contribution in [0.25, 0.3) is 0 Å². The Labute approximate surface area is 157 Å². The molecule has 1 aromatic heterocycles. The lowest BCUT2D eigenvalue weighted by atomic mass is 10.2. The number of nitrogens with one attached hydrogen (secondary N) is 1. The maximum Gasteiger partial charge on any atom is 0.134 e. The van der Waals surface area contributed by atoms with Gasteiger partial charge in [0, 0.05) is 44.5 Å². The Kier molecular flexibility index (Phi) is 6.31. The second-order valence-electron chi connectivity index (χ2n) is 7.11. The average molecular weight is 354 g/mol. The number of rotatable bonds is 7. The SMILES string of the molecule is CCCCCNc1cc(N2CCN(c3cccc(C)c3)CC2)nc(C)n1. The van der Waals surface area contributed by atoms with Gasteiger partial charge in [0.25, 0.3) is 0 Å². The first-order chi connectivity index (χ1) is 12.7. The van der Waals surface area contributed by atoms with E-state index in [1.807, 2.05) is 6.92 Å². The Morgan fingerprint density at radius 3 is 2.46 bits per heavy atom. The lowest BCUT2D eigenvalue weighted by Gasteiger charge is -2.37. The summed E-state index contributed by atoms with van der Waals surface area (Å²) in [6, 6.07) is 10.9. The zero-order chi connectivity index (χ0) is 18.4. The highest BCUT2D eigenvalue weighted by molar-refractivity contribution is 5.53. The van der Waals surface area contributed by atoms with Crippen molar-refractivity contribution < 1.29 is 0 Å². The van der Waals surface area contributed by atoms with Crippen LogP contribution in [0, 0.1) is 13.8 Å². The van der Waals surface area contributed by atoms with Gasteiger partial charge in [0.1, 0.15) is 17.5 Å². The maximum atomic E-state index is 4.67. The molecule has 2 heterocycles. The number of hydrogen-bond acceptors (Lipinski definition) is 5. The van der Waals surface area contributed by atoms with Gasteiger partial charge in [0.05, 0.1) is 0 Å². The maximum absolute atomic E-state index is 4.67. The quantitative estimate of drug-likeness (QED) is 0.762. The van der Waals surface area contributed by atoms with Gasteiger partial charge < -0.3 is 15.1 Å². The number of aryl methyl sites for hydroxylation is 2. The van der Waals surface area contributed by atoms with Crippen LogP contribution in [0.15, 0.2) is 30.3 Å². The molecular formula is C21H31N5. The number of anilines is 3. The molecule has 0 bridgehead atoms. The molecule has 0 aliphatic carbocycles. The van der Waals surface area contributed by atoms with Crippen molar-refractivity contribution in [2.45, 2.75) is 40.0 Å². The second kappa shape index (κ2) is 8.88. The minimum atomic E-state index is 0.835. The number of unbranched alkanes of at least 4 members (excludes halogenated alkanes) is 2. The number of benzene rings is 1. The summed E-state index contributed by atoms with van der Waals surface area (Å²) in [6.45, 7) is 11.3. The monoisotopic (exact) mass is 353 g/mol. The fourth-order valence-corrected chi connectivity index (χ4v) is 3.41. The Morgan fingerprint density at radius 2 is 1.73 bits per heavy atom. The van der Waals surface area contributed by atoms with Crippen molar-refractivity contribution in [3.63, 3.8) is 0 Å². The zero-order valence-corrected chi connectivity index (χ0v) is 16.3. The van der Waals surface area contributed by atoms with E-state index in [1.54, 1.807) is 0 Å². The third-order valence-electron chi connectivity index (χ3n) is 4.88. The van der Waals surface area contributed by atoms with Gasteiger partial charge >= 0.3 is 0 Å². The van der Waals surface area contributed by atoms with Crippen molar-refractivity contribution in [2.24, 2.45) is 0 Å². The first-order valence-corrected chi connectivity index (χ1v) is 9.82. The predicted octanol–water partition coefficient (Wildman–Crippen LogP) is 4.02. The molecule has 0 amide bonds. The number of piperazine rings is 1. The number of hydrogen-bond donors (Lipinski definition) is 1. The highest BCUT2D eigenvalue weighted by Crippen LogP contribution is 2.21. The fraction of sp³-hybridized carbons (Fsp3) is 0.524. The molecule has 0 spiro atoms. The molecule has 0 saturated carbocycles. The van der Waals surface area contributed by atoms with Gasteiger partial charge in [-0.25, -0.2) is 9.97 Å². The molecule has 1 aromatic carbocycles. The topological polar surface area (TPSA) is 44.3 Å². The minimum absolute atomic E-state index is 0.835. The summed E-state index contributed by atoms with van der Waals surface area (Å²) in [5, 5.41) is 3.45. The van der Waals surface area contributed by atoms with Crippen LogP contribution in [0.5, 0.6) is 0 Å². The summed E-state index contributed by atoms with van der Waals surface area (Å²) in [7, 11) is 0. The molecule has 2 aromatic rings. The van der Waals surface area contributed by atoms with Gasteiger partial charge in [0.15, 0.2) is 0 Å². The van der Waals surface area contributed by atoms with Crippen molar-refractivity contribution in [1.29, 1.82) is 0 Å². The third-order valence-corrected chi connectivity index (χ3v) is 4.88. The molecule has 1 N–H and O–H groups in total. The van der Waals surface area contributed by atoms with Crippen molar-refractivity contribution in [1.82, 2.24) is 9.97 Å². The van der Waals surface area contributed by atoms with Gasteiger partial charge in [-0.1, -0.05) is 31.9 Å². The molecule has 1 aliphatic heterocycles. The summed E-state index contributed by atoms with van der Waals surface area (Å²) in [6.07, 6.45) is 3.68. The lowest BCUT2D eigenvalue weighted by molar-refractivity contribution is 0.645. The van der Waals surface area contributed by atoms with Crippen molar-refractivity contribution in [3.8, 4) is 0 Å². The Balaban J connectivity index is 1.61. The molecular weight excluding hydrogens is 322 g/mol. The summed E-state index contributed by atoms with van der Waals surface area (Å²) < 4.78 is 0. The van der Waals surface area contributed by atoms with Gasteiger partial charge in [-0.05, 0) is 38.0 Å². The van der Waals surface area contributed by atoms with Crippen LogP contribution in [0.1, 0.15) is 37.6 Å². The van der Waals surface area contributed by atoms with Crippen molar-refractivity contribution >= 4 is 17.3 Å². The zero-order valence-electron chi connectivity index (χ0n) is 16.3. The van der Waals surface area contributed by atoms with Crippen LogP contribution in [0.3, 0.4) is 0 Å². The fourth-order valence-electron chi connectivity index (χ4n) is 3.41. The van der Waals surface area contributed by atoms with Gasteiger partial charge in [-0.3, -0.25) is 0 Å². The third kappa shape index (κ3) is 4.87. The molecule has 140 valence electrons. The van der Waals surface area contributed by atoms with Crippen LogP contribution in [0.4, 0.5) is 17.3 Å². The van der Waals surface area contributed by atoms with Crippen LogP contribution in [-0.2, 0) is 0 Å². The lowest BCUT2D eigenvalue weighted by Crippen LogP contribution is -2.47. The molecule has 0 unspecified atom stereocenters. The molecule has 5 nitrogen and oxygen atoms in total. The summed E-state index contributed by atoms with van der Waals surface area (Å²) in [5.74, 6) is 2.82. The van der Waals surface area contributed by atoms with E-state index in [9.17, 15) is 0 Å². The second-order valence-corrected chi connectivity index (χ2v) is 7.11. The van der Waals surface area contributed by atoms with E-state index in [0.29, 0.717) is 0 Å². The normalized spacial score (nSPS) is 14.6. The van der Waals surface area contributed by atoms with Gasteiger partial charge in [0.2, 0.25) is 0 Å². The van der Waals surface area contributed by atoms with E-state index in [-0.39, 0.29) is 0 Å². The molecule has 1 saturated heterocycles. The average Bonchev–Trinajstić information content (AvgIpc) is 2.65. The molecule has 1 aliphatic rings. The molecule has 1 fully saturated rings. The standard InChI is InChI=1S/C21H31N5/c1-4-5-6-10-22-20-16-21(24-18(3)23-20)26-13-11-25(12-14-26)19-9-7-8-17(2)15-19/h7-9,15-16H,4-6,10-14H2,1-3H3,(H,22,23,24). The number of nitrogens with zero attached hydrogens (tertiary/aromatic N) is 4. The minimum Gasteiger partial charge on any atom is -0.370 e. The number of aromatic nitrogens is 2. The Morgan fingerprint density at radius 1 is 0.962 bits per heavy atom. The summed E-state index contributed by atoms with van der Waals surface area (Å²) in [4.78, 5) is 14.0. The molecule has 26 heavy (non-hydrogen) atoms. The first kappa shape index (κ1) is 18.5. The Bertz CT molecular complexity index is 707. The highest BCUT2D eigenvalue weighted by Gasteiger charge is 2.19. The summed E-state index contributed by atoms with van der Waals surface area (Å²) >= 11 is 0. The molecule has 0 atom stereocenters. The first-order valence-electron chi connectivity index (χ1n) is 9.82. The van der Waals surface area contributed by atoms with Crippen LogP contribution >= 0.6 is 0 Å². The van der Waals surface area contributed by atoms with Crippen LogP contribution < -0.4 is 15.1 Å². The van der Waals surface area contributed by atoms with Crippen molar-refractivity contribution in [3.05, 3.63) is 41.7 Å². The molecule has 5 heteroatoms. The van der Waals surface area contributed by atoms with E-state index in [1.165, 1.54) is 30.5 Å². The van der Waals surface area contributed by atoms with Crippen molar-refractivity contribution in [2.75, 3.05) is 47.8 Å². The van der Waals surface area contributed by atoms with E-state index in [4.69, 9.17) is 0 Å². The van der Waals surface area contributed by atoms with E-state index >= 15 is 0 Å². The largest absolute Gasteiger partial charge is 0.370 e. The van der Waals surface area contributed by atoms with Gasteiger partial charge in [-0.2, -0.15) is 0 Å². The van der Waals surface area contributed by atoms with E-state index in [0.717, 1.165) is 50.2 Å². The van der Waals surface area contributed by atoms with Gasteiger partial charge in [-0.15, -0.1) is 0 Å². The van der Waals surface area contributed by atoms with Crippen LogP contribution in [0.2, 0.25) is 0 Å². The Hall–Kier alpha value is -2.30. The van der Waals surface area contributed by atoms with Crippen LogP contribution in [-0.4, -0.2) is 42.7 Å².